The van der Waals surface area contributed by atoms with E-state index in [1.165, 1.54) is 12.3 Å². The molecule has 0 saturated carbocycles. The summed E-state index contributed by atoms with van der Waals surface area (Å²) in [5, 5.41) is 0.474. The van der Waals surface area contributed by atoms with Gasteiger partial charge in [-0.15, -0.1) is 0 Å². The summed E-state index contributed by atoms with van der Waals surface area (Å²) in [5.74, 6) is -0.480. The van der Waals surface area contributed by atoms with E-state index in [0.717, 1.165) is 10.6 Å². The van der Waals surface area contributed by atoms with Gasteiger partial charge in [0.25, 0.3) is 0 Å². The van der Waals surface area contributed by atoms with Gasteiger partial charge in [0.2, 0.25) is 0 Å². The van der Waals surface area contributed by atoms with Crippen LogP contribution in [0.2, 0.25) is 0 Å². The molecule has 0 aliphatic carbocycles. The first-order chi connectivity index (χ1) is 7.78. The molecule has 0 radical (unpaired) electrons. The highest BCUT2D eigenvalue weighted by atomic mass is 127. The van der Waals surface area contributed by atoms with Crippen molar-refractivity contribution in [3.8, 4) is 0 Å². The van der Waals surface area contributed by atoms with Crippen molar-refractivity contribution in [3.63, 3.8) is 0 Å². The molecule has 7 heteroatoms. The fraction of sp³-hybridized carbons (Fsp3) is 0.200. The molecule has 1 nitrogen and oxygen atoms in total. The Morgan fingerprint density at radius 1 is 1.29 bits per heavy atom. The van der Waals surface area contributed by atoms with Crippen molar-refractivity contribution in [2.24, 2.45) is 0 Å². The van der Waals surface area contributed by atoms with Crippen LogP contribution in [-0.4, -0.2) is 10.7 Å². The number of alkyl halides is 3. The maximum absolute atomic E-state index is 13.2. The zero-order valence-electron chi connectivity index (χ0n) is 8.15. The Bertz CT molecular complexity index is 576. The van der Waals surface area contributed by atoms with E-state index >= 15 is 0 Å². The van der Waals surface area contributed by atoms with Crippen LogP contribution >= 0.6 is 38.5 Å². The van der Waals surface area contributed by atoms with E-state index in [1.54, 1.807) is 0 Å². The number of rotatable bonds is 1. The summed E-state index contributed by atoms with van der Waals surface area (Å²) >= 11 is 4.98. The number of hydrogen-bond donors (Lipinski definition) is 0. The third-order valence-electron chi connectivity index (χ3n) is 2.19. The summed E-state index contributed by atoms with van der Waals surface area (Å²) in [6.45, 7) is -1.09. The van der Waals surface area contributed by atoms with Crippen molar-refractivity contribution in [2.75, 3.05) is 0 Å². The molecule has 0 fully saturated rings. The second kappa shape index (κ2) is 4.42. The molecule has 0 aliphatic heterocycles. The summed E-state index contributed by atoms with van der Waals surface area (Å²) < 4.78 is 52.3. The fourth-order valence-electron chi connectivity index (χ4n) is 1.63. The van der Waals surface area contributed by atoms with E-state index in [0.29, 0.717) is 18.9 Å². The molecular weight excluding hydrogens is 417 g/mol. The first-order valence-corrected chi connectivity index (χ1v) is 6.35. The largest absolute Gasteiger partial charge is 0.406 e. The van der Waals surface area contributed by atoms with Crippen molar-refractivity contribution >= 4 is 49.4 Å². The molecule has 2 aromatic rings. The molecule has 0 amide bonds. The Kier molecular flexibility index (Phi) is 3.41. The normalized spacial score (nSPS) is 12.4. The summed E-state index contributed by atoms with van der Waals surface area (Å²) in [6.07, 6.45) is -2.94. The topological polar surface area (TPSA) is 4.93 Å². The van der Waals surface area contributed by atoms with Crippen LogP contribution in [0.4, 0.5) is 17.6 Å². The number of fused-ring (bicyclic) bond motifs is 1. The minimum atomic E-state index is -4.30. The summed E-state index contributed by atoms with van der Waals surface area (Å²) in [6, 6.07) is 2.39. The molecule has 0 unspecified atom stereocenters. The van der Waals surface area contributed by atoms with Crippen LogP contribution in [0.5, 0.6) is 0 Å². The van der Waals surface area contributed by atoms with Crippen molar-refractivity contribution in [1.29, 1.82) is 0 Å². The van der Waals surface area contributed by atoms with Crippen LogP contribution in [0.15, 0.2) is 22.8 Å². The van der Waals surface area contributed by atoms with Gasteiger partial charge in [-0.3, -0.25) is 0 Å². The van der Waals surface area contributed by atoms with Gasteiger partial charge in [-0.05, 0) is 50.7 Å². The van der Waals surface area contributed by atoms with Crippen LogP contribution in [0.3, 0.4) is 0 Å². The van der Waals surface area contributed by atoms with E-state index in [2.05, 4.69) is 15.9 Å². The van der Waals surface area contributed by atoms with Crippen LogP contribution in [0, 0.1) is 9.39 Å². The van der Waals surface area contributed by atoms with Crippen LogP contribution in [0.25, 0.3) is 10.9 Å². The second-order valence-electron chi connectivity index (χ2n) is 3.50. The highest BCUT2D eigenvalue weighted by Crippen LogP contribution is 2.32. The fourth-order valence-corrected chi connectivity index (χ4v) is 3.04. The minimum Gasteiger partial charge on any atom is -0.336 e. The molecule has 1 aromatic heterocycles. The van der Waals surface area contributed by atoms with E-state index in [4.69, 9.17) is 0 Å². The molecule has 0 atom stereocenters. The second-order valence-corrected chi connectivity index (χ2v) is 5.52. The molecule has 0 bridgehead atoms. The van der Waals surface area contributed by atoms with Crippen molar-refractivity contribution in [2.45, 2.75) is 12.7 Å². The van der Waals surface area contributed by atoms with Crippen LogP contribution in [0.1, 0.15) is 0 Å². The zero-order valence-corrected chi connectivity index (χ0v) is 11.9. The van der Waals surface area contributed by atoms with Crippen molar-refractivity contribution < 1.29 is 17.6 Å². The molecule has 0 spiro atoms. The third kappa shape index (κ3) is 2.75. The van der Waals surface area contributed by atoms with Gasteiger partial charge in [0.05, 0.1) is 5.52 Å². The molecule has 17 heavy (non-hydrogen) atoms. The number of benzene rings is 1. The van der Waals surface area contributed by atoms with Gasteiger partial charge in [0, 0.05) is 19.6 Å². The predicted octanol–water partition coefficient (Wildman–Crippen LogP) is 4.71. The van der Waals surface area contributed by atoms with Crippen molar-refractivity contribution in [1.82, 2.24) is 4.57 Å². The van der Waals surface area contributed by atoms with E-state index < -0.39 is 18.5 Å². The Hall–Kier alpha value is -0.310. The number of hydrogen-bond acceptors (Lipinski definition) is 0. The lowest BCUT2D eigenvalue weighted by Crippen LogP contribution is -2.16. The molecule has 0 N–H and O–H groups in total. The summed E-state index contributed by atoms with van der Waals surface area (Å²) in [7, 11) is 0. The quantitative estimate of drug-likeness (QED) is 0.464. The number of halogens is 6. The van der Waals surface area contributed by atoms with E-state index in [-0.39, 0.29) is 0 Å². The molecular formula is C10H5BrF4IN. The summed E-state index contributed by atoms with van der Waals surface area (Å²) in [5.41, 5.74) is 0.355. The Morgan fingerprint density at radius 2 is 1.94 bits per heavy atom. The lowest BCUT2D eigenvalue weighted by atomic mass is 10.2. The molecule has 0 aliphatic rings. The predicted molar refractivity (Wildman–Crippen MR) is 68.4 cm³/mol. The summed E-state index contributed by atoms with van der Waals surface area (Å²) in [4.78, 5) is 0. The van der Waals surface area contributed by atoms with Gasteiger partial charge in [-0.2, -0.15) is 13.2 Å². The minimum absolute atomic E-state index is 0.319. The van der Waals surface area contributed by atoms with Gasteiger partial charge in [-0.1, -0.05) is 0 Å². The number of aromatic nitrogens is 1. The third-order valence-corrected chi connectivity index (χ3v) is 3.66. The molecule has 0 saturated heterocycles. The van der Waals surface area contributed by atoms with Gasteiger partial charge < -0.3 is 4.57 Å². The van der Waals surface area contributed by atoms with Crippen LogP contribution < -0.4 is 0 Å². The SMILES string of the molecule is Fc1cc(Br)c2c(c1)c(I)cn2CC(F)(F)F. The molecule has 92 valence electrons. The monoisotopic (exact) mass is 421 g/mol. The van der Waals surface area contributed by atoms with Crippen LogP contribution in [-0.2, 0) is 6.54 Å². The Morgan fingerprint density at radius 3 is 2.53 bits per heavy atom. The van der Waals surface area contributed by atoms with Crippen molar-refractivity contribution in [3.05, 3.63) is 32.2 Å². The zero-order chi connectivity index (χ0) is 12.8. The standard InChI is InChI=1S/C10H5BrF4IN/c11-7-2-5(12)1-6-8(16)3-17(9(6)7)4-10(13,14)15/h1-3H,4H2. The van der Waals surface area contributed by atoms with Gasteiger partial charge in [0.1, 0.15) is 12.4 Å². The maximum Gasteiger partial charge on any atom is 0.406 e. The Balaban J connectivity index is 2.66. The van der Waals surface area contributed by atoms with Gasteiger partial charge >= 0.3 is 6.18 Å². The average molecular weight is 422 g/mol. The van der Waals surface area contributed by atoms with E-state index in [9.17, 15) is 17.6 Å². The Labute approximate surface area is 116 Å². The highest BCUT2D eigenvalue weighted by Gasteiger charge is 2.29. The smallest absolute Gasteiger partial charge is 0.336 e. The average Bonchev–Trinajstić information content (AvgIpc) is 2.39. The first-order valence-electron chi connectivity index (χ1n) is 4.48. The van der Waals surface area contributed by atoms with Gasteiger partial charge in [-0.25, -0.2) is 4.39 Å². The lowest BCUT2D eigenvalue weighted by molar-refractivity contribution is -0.139. The van der Waals surface area contributed by atoms with Gasteiger partial charge in [0.15, 0.2) is 0 Å². The lowest BCUT2D eigenvalue weighted by Gasteiger charge is -2.09. The molecule has 1 heterocycles. The number of nitrogens with zero attached hydrogens (tertiary/aromatic N) is 1. The molecule has 2 rings (SSSR count). The van der Waals surface area contributed by atoms with E-state index in [1.807, 2.05) is 22.6 Å². The maximum atomic E-state index is 13.2. The molecule has 1 aromatic carbocycles. The first kappa shape index (κ1) is 13.1. The highest BCUT2D eigenvalue weighted by molar-refractivity contribution is 14.1.